The van der Waals surface area contributed by atoms with Crippen LogP contribution >= 0.6 is 0 Å². The molecule has 1 unspecified atom stereocenters. The topological polar surface area (TPSA) is 221 Å². The van der Waals surface area contributed by atoms with Gasteiger partial charge in [0.05, 0.1) is 56.3 Å². The quantitative estimate of drug-likeness (QED) is 0.00919. The summed E-state index contributed by atoms with van der Waals surface area (Å²) in [7, 11) is 0. The third-order valence-corrected chi connectivity index (χ3v) is 11.1. The van der Waals surface area contributed by atoms with Crippen molar-refractivity contribution in [2.24, 2.45) is 0 Å². The number of carbonyl (C=O) groups is 7. The Morgan fingerprint density at radius 1 is 0.380 bits per heavy atom. The van der Waals surface area contributed by atoms with Crippen molar-refractivity contribution >= 4 is 41.8 Å². The van der Waals surface area contributed by atoms with Crippen LogP contribution in [0.2, 0.25) is 0 Å². The molecule has 1 atom stereocenters. The number of carbonyl (C=O) groups excluding carboxylic acids is 7. The minimum Gasteiger partial charge on any atom is -0.494 e. The molecule has 18 heteroatoms. The minimum atomic E-state index is -1.21. The average molecular weight is 1090 g/mol. The number of unbranched alkanes of at least 4 members (excludes halogenated alkanes) is 7. The molecule has 0 N–H and O–H groups in total. The number of ether oxygens (including phenoxy) is 11. The predicted molar refractivity (Wildman–Crippen MR) is 289 cm³/mol. The Morgan fingerprint density at radius 3 is 1.11 bits per heavy atom. The van der Waals surface area contributed by atoms with Crippen LogP contribution in [0.5, 0.6) is 40.2 Å². The second-order valence-electron chi connectivity index (χ2n) is 17.2. The van der Waals surface area contributed by atoms with Crippen LogP contribution in [0.15, 0.2) is 153 Å². The van der Waals surface area contributed by atoms with Gasteiger partial charge in [-0.1, -0.05) is 19.7 Å². The molecular weight excluding hydrogens is 1020 g/mol. The number of benzene rings is 5. The van der Waals surface area contributed by atoms with Crippen molar-refractivity contribution < 1.29 is 85.7 Å². The van der Waals surface area contributed by atoms with E-state index in [1.807, 2.05) is 0 Å². The molecule has 0 amide bonds. The second kappa shape index (κ2) is 33.8. The van der Waals surface area contributed by atoms with Crippen LogP contribution in [0.1, 0.15) is 113 Å². The molecular formula is C61H64O18. The molecule has 0 spiro atoms. The molecule has 0 aliphatic heterocycles. The molecule has 79 heavy (non-hydrogen) atoms. The lowest BCUT2D eigenvalue weighted by molar-refractivity contribution is -0.138. The highest BCUT2D eigenvalue weighted by Gasteiger charge is 2.23. The SMILES string of the molecule is C=CC(=O)OCCCCCCOc1ccc(C(=O)Oc2ccc(OC(C)OC(=O)c3cc(OC(=O)c4ccc(OCCCCCOC(=O)C=C)cc4)ccc3OC(=O)c3ccc(OCCCCCOC(=O)C=C)cc3)cc2)cc1. The lowest BCUT2D eigenvalue weighted by atomic mass is 10.1. The van der Waals surface area contributed by atoms with Gasteiger partial charge in [-0.25, -0.2) is 33.6 Å². The summed E-state index contributed by atoms with van der Waals surface area (Å²) >= 11 is 0. The Kier molecular flexibility index (Phi) is 25.9. The minimum absolute atomic E-state index is 0.0662. The average Bonchev–Trinajstić information content (AvgIpc) is 3.46. The van der Waals surface area contributed by atoms with Crippen LogP contribution < -0.4 is 33.2 Å². The van der Waals surface area contributed by atoms with Crippen LogP contribution in [0.3, 0.4) is 0 Å². The summed E-state index contributed by atoms with van der Waals surface area (Å²) in [6.07, 6.45) is 9.78. The van der Waals surface area contributed by atoms with Crippen LogP contribution in [0.25, 0.3) is 0 Å². The van der Waals surface area contributed by atoms with E-state index in [0.29, 0.717) is 81.5 Å². The summed E-state index contributed by atoms with van der Waals surface area (Å²) in [5, 5.41) is 0. The third kappa shape index (κ3) is 22.5. The molecule has 0 saturated heterocycles. The smallest absolute Gasteiger partial charge is 0.345 e. The molecule has 416 valence electrons. The van der Waals surface area contributed by atoms with E-state index >= 15 is 0 Å². The van der Waals surface area contributed by atoms with E-state index in [1.165, 1.54) is 73.7 Å². The Bertz CT molecular complexity index is 2800. The summed E-state index contributed by atoms with van der Waals surface area (Å²) in [6, 6.07) is 28.9. The lowest BCUT2D eigenvalue weighted by Gasteiger charge is -2.17. The normalized spacial score (nSPS) is 10.8. The summed E-state index contributed by atoms with van der Waals surface area (Å²) in [5.41, 5.74) is 0.350. The van der Waals surface area contributed by atoms with Gasteiger partial charge in [0.2, 0.25) is 6.29 Å². The largest absolute Gasteiger partial charge is 0.494 e. The van der Waals surface area contributed by atoms with Gasteiger partial charge in [-0.2, -0.15) is 0 Å². The van der Waals surface area contributed by atoms with Gasteiger partial charge >= 0.3 is 41.8 Å². The van der Waals surface area contributed by atoms with E-state index in [-0.39, 0.29) is 46.3 Å². The third-order valence-electron chi connectivity index (χ3n) is 11.1. The predicted octanol–water partition coefficient (Wildman–Crippen LogP) is 11.2. The van der Waals surface area contributed by atoms with Crippen molar-refractivity contribution in [3.8, 4) is 40.2 Å². The monoisotopic (exact) mass is 1080 g/mol. The maximum absolute atomic E-state index is 13.9. The van der Waals surface area contributed by atoms with E-state index < -0.39 is 48.1 Å². The molecule has 18 nitrogen and oxygen atoms in total. The van der Waals surface area contributed by atoms with Crippen LogP contribution in [0.4, 0.5) is 0 Å². The standard InChI is InChI=1S/C61H64O18/c1-5-55(62)72-39-13-9-8-12-36-69-47-24-18-44(19-25-47)58(65)77-51-32-30-50(31-33-51)75-43(4)76-61(68)53-42-52(78-59(66)45-20-26-48(27-21-45)70-37-14-10-16-40-73-56(63)6-2)34-35-54(53)79-60(67)46-22-28-49(29-23-46)71-38-15-11-17-41-74-57(64)7-3/h5-7,18-35,42-43H,1-3,8-17,36-41H2,4H3. The van der Waals surface area contributed by atoms with Crippen molar-refractivity contribution in [1.29, 1.82) is 0 Å². The van der Waals surface area contributed by atoms with Gasteiger partial charge in [0, 0.05) is 25.2 Å². The number of hydrogen-bond acceptors (Lipinski definition) is 18. The highest BCUT2D eigenvalue weighted by molar-refractivity contribution is 5.97. The molecule has 0 saturated carbocycles. The molecule has 0 bridgehead atoms. The van der Waals surface area contributed by atoms with E-state index in [4.69, 9.17) is 52.1 Å². The zero-order chi connectivity index (χ0) is 56.6. The molecule has 5 rings (SSSR count). The number of hydrogen-bond donors (Lipinski definition) is 0. The molecule has 5 aromatic carbocycles. The fourth-order valence-electron chi connectivity index (χ4n) is 6.97. The van der Waals surface area contributed by atoms with Gasteiger partial charge in [0.1, 0.15) is 45.8 Å². The van der Waals surface area contributed by atoms with Crippen LogP contribution in [0, 0.1) is 0 Å². The molecule has 0 heterocycles. The first-order chi connectivity index (χ1) is 38.3. The highest BCUT2D eigenvalue weighted by Crippen LogP contribution is 2.29. The van der Waals surface area contributed by atoms with Gasteiger partial charge in [-0.3, -0.25) is 0 Å². The van der Waals surface area contributed by atoms with E-state index in [2.05, 4.69) is 19.7 Å². The maximum Gasteiger partial charge on any atom is 0.345 e. The zero-order valence-electron chi connectivity index (χ0n) is 44.1. The molecule has 0 aromatic heterocycles. The Morgan fingerprint density at radius 2 is 0.709 bits per heavy atom. The maximum atomic E-state index is 13.9. The molecule has 0 aliphatic rings. The highest BCUT2D eigenvalue weighted by atomic mass is 16.7. The fourth-order valence-corrected chi connectivity index (χ4v) is 6.97. The second-order valence-corrected chi connectivity index (χ2v) is 17.2. The van der Waals surface area contributed by atoms with Crippen LogP contribution in [-0.2, 0) is 33.3 Å². The molecule has 0 fully saturated rings. The summed E-state index contributed by atoms with van der Waals surface area (Å²) in [4.78, 5) is 87.1. The zero-order valence-corrected chi connectivity index (χ0v) is 44.1. The summed E-state index contributed by atoms with van der Waals surface area (Å²) < 4.78 is 60.6. The Labute approximate surface area is 458 Å². The van der Waals surface area contributed by atoms with Gasteiger partial charge in [0.15, 0.2) is 0 Å². The van der Waals surface area contributed by atoms with Crippen LogP contribution in [-0.4, -0.2) is 87.7 Å². The van der Waals surface area contributed by atoms with Crippen molar-refractivity contribution in [3.05, 3.63) is 175 Å². The van der Waals surface area contributed by atoms with Gasteiger partial charge in [0.25, 0.3) is 0 Å². The van der Waals surface area contributed by atoms with Crippen molar-refractivity contribution in [2.45, 2.75) is 77.4 Å². The molecule has 0 aliphatic carbocycles. The first kappa shape index (κ1) is 60.7. The van der Waals surface area contributed by atoms with Gasteiger partial charge < -0.3 is 52.1 Å². The number of esters is 7. The lowest BCUT2D eigenvalue weighted by Crippen LogP contribution is -2.22. The van der Waals surface area contributed by atoms with Crippen molar-refractivity contribution in [1.82, 2.24) is 0 Å². The van der Waals surface area contributed by atoms with Gasteiger partial charge in [-0.15, -0.1) is 0 Å². The summed E-state index contributed by atoms with van der Waals surface area (Å²) in [6.45, 7) is 13.8. The van der Waals surface area contributed by atoms with E-state index in [1.54, 1.807) is 48.5 Å². The molecule has 5 aromatic rings. The van der Waals surface area contributed by atoms with E-state index in [0.717, 1.165) is 56.8 Å². The first-order valence-electron chi connectivity index (χ1n) is 25.7. The van der Waals surface area contributed by atoms with Gasteiger partial charge in [-0.05, 0) is 179 Å². The fraction of sp³-hybridized carbons (Fsp3) is 0.295. The Hall–Kier alpha value is -9.19. The van der Waals surface area contributed by atoms with Crippen molar-refractivity contribution in [2.75, 3.05) is 39.6 Å². The summed E-state index contributed by atoms with van der Waals surface area (Å²) in [5.74, 6) is -2.70. The Balaban J connectivity index is 1.16. The van der Waals surface area contributed by atoms with E-state index in [9.17, 15) is 33.6 Å². The molecule has 0 radical (unpaired) electrons. The first-order valence-corrected chi connectivity index (χ1v) is 25.7. The van der Waals surface area contributed by atoms with Crippen molar-refractivity contribution in [3.63, 3.8) is 0 Å². The number of rotatable bonds is 35.